The van der Waals surface area contributed by atoms with E-state index in [9.17, 15) is 0 Å². The van der Waals surface area contributed by atoms with Crippen LogP contribution in [0.25, 0.3) is 0 Å². The number of nitrogens with one attached hydrogen (secondary N) is 2. The van der Waals surface area contributed by atoms with Crippen LogP contribution in [0.5, 0.6) is 0 Å². The third kappa shape index (κ3) is 1.30. The molecule has 0 aromatic rings. The van der Waals surface area contributed by atoms with Gasteiger partial charge in [-0.25, -0.2) is 0 Å². The van der Waals surface area contributed by atoms with Crippen LogP contribution in [-0.2, 0) is 0 Å². The zero-order valence-electron chi connectivity index (χ0n) is 7.27. The average Bonchev–Trinajstić information content (AvgIpc) is 2.50. The fourth-order valence-corrected chi connectivity index (χ4v) is 2.72. The van der Waals surface area contributed by atoms with Crippen molar-refractivity contribution in [3.63, 3.8) is 0 Å². The van der Waals surface area contributed by atoms with Crippen LogP contribution in [0.15, 0.2) is 0 Å². The first-order valence-corrected chi connectivity index (χ1v) is 4.82. The van der Waals surface area contributed by atoms with Crippen molar-refractivity contribution in [2.75, 3.05) is 13.6 Å². The maximum atomic E-state index is 3.58. The molecule has 3 atom stereocenters. The maximum absolute atomic E-state index is 3.58. The van der Waals surface area contributed by atoms with Crippen LogP contribution < -0.4 is 10.6 Å². The molecule has 1 saturated carbocycles. The molecule has 1 heterocycles. The van der Waals surface area contributed by atoms with E-state index in [-0.39, 0.29) is 0 Å². The van der Waals surface area contributed by atoms with Gasteiger partial charge in [-0.15, -0.1) is 0 Å². The SMILES string of the molecule is CNC1CCCC2NCCC12. The monoisotopic (exact) mass is 154 g/mol. The van der Waals surface area contributed by atoms with Gasteiger partial charge in [-0.3, -0.25) is 0 Å². The second-order valence-electron chi connectivity index (χ2n) is 3.84. The van der Waals surface area contributed by atoms with Crippen molar-refractivity contribution in [1.82, 2.24) is 10.6 Å². The quantitative estimate of drug-likeness (QED) is 0.582. The molecule has 1 aliphatic heterocycles. The standard InChI is InChI=1S/C9H18N2/c1-10-8-3-2-4-9-7(8)5-6-11-9/h7-11H,2-6H2,1H3. The molecule has 2 rings (SSSR count). The van der Waals surface area contributed by atoms with Crippen molar-refractivity contribution >= 4 is 0 Å². The van der Waals surface area contributed by atoms with Crippen LogP contribution >= 0.6 is 0 Å². The predicted octanol–water partition coefficient (Wildman–Crippen LogP) is 0.736. The fraction of sp³-hybridized carbons (Fsp3) is 1.00. The third-order valence-electron chi connectivity index (χ3n) is 3.32. The van der Waals surface area contributed by atoms with Crippen LogP contribution in [0.3, 0.4) is 0 Å². The summed E-state index contributed by atoms with van der Waals surface area (Å²) in [5.74, 6) is 0.925. The van der Waals surface area contributed by atoms with E-state index in [1.807, 2.05) is 0 Å². The molecular formula is C9H18N2. The smallest absolute Gasteiger partial charge is 0.0111 e. The summed E-state index contributed by atoms with van der Waals surface area (Å²) in [4.78, 5) is 0. The van der Waals surface area contributed by atoms with E-state index in [1.54, 1.807) is 0 Å². The van der Waals surface area contributed by atoms with Gasteiger partial charge in [-0.1, -0.05) is 6.42 Å². The zero-order valence-corrected chi connectivity index (χ0v) is 7.27. The first-order valence-electron chi connectivity index (χ1n) is 4.82. The molecule has 11 heavy (non-hydrogen) atoms. The van der Waals surface area contributed by atoms with Crippen molar-refractivity contribution in [2.24, 2.45) is 5.92 Å². The number of fused-ring (bicyclic) bond motifs is 1. The largest absolute Gasteiger partial charge is 0.317 e. The lowest BCUT2D eigenvalue weighted by molar-refractivity contribution is 0.254. The molecule has 3 unspecified atom stereocenters. The molecule has 2 nitrogen and oxygen atoms in total. The Morgan fingerprint density at radius 3 is 3.00 bits per heavy atom. The molecule has 0 amide bonds. The Labute approximate surface area is 68.7 Å². The molecule has 0 aromatic heterocycles. The first-order chi connectivity index (χ1) is 5.42. The van der Waals surface area contributed by atoms with Crippen molar-refractivity contribution in [2.45, 2.75) is 37.8 Å². The highest BCUT2D eigenvalue weighted by Crippen LogP contribution is 2.30. The number of hydrogen-bond acceptors (Lipinski definition) is 2. The van der Waals surface area contributed by atoms with Crippen LogP contribution in [0, 0.1) is 5.92 Å². The Morgan fingerprint density at radius 1 is 1.27 bits per heavy atom. The summed E-state index contributed by atoms with van der Waals surface area (Å²) in [6, 6.07) is 1.63. The van der Waals surface area contributed by atoms with Gasteiger partial charge in [0.2, 0.25) is 0 Å². The molecule has 64 valence electrons. The van der Waals surface area contributed by atoms with Gasteiger partial charge in [0.1, 0.15) is 0 Å². The Bertz CT molecular complexity index is 136. The average molecular weight is 154 g/mol. The summed E-state index contributed by atoms with van der Waals surface area (Å²) in [5.41, 5.74) is 0. The summed E-state index contributed by atoms with van der Waals surface area (Å²) in [6.45, 7) is 1.24. The van der Waals surface area contributed by atoms with Crippen molar-refractivity contribution in [1.29, 1.82) is 0 Å². The topological polar surface area (TPSA) is 24.1 Å². The van der Waals surface area contributed by atoms with Gasteiger partial charge in [0.25, 0.3) is 0 Å². The fourth-order valence-electron chi connectivity index (χ4n) is 2.72. The van der Waals surface area contributed by atoms with Gasteiger partial charge >= 0.3 is 0 Å². The summed E-state index contributed by atoms with van der Waals surface area (Å²) in [6.07, 6.45) is 5.58. The van der Waals surface area contributed by atoms with Gasteiger partial charge in [0, 0.05) is 12.1 Å². The number of hydrogen-bond donors (Lipinski definition) is 2. The minimum atomic E-state index is 0.795. The Kier molecular flexibility index (Phi) is 2.14. The molecule has 0 spiro atoms. The summed E-state index contributed by atoms with van der Waals surface area (Å²) in [7, 11) is 2.10. The molecule has 0 radical (unpaired) electrons. The van der Waals surface area contributed by atoms with Crippen LogP contribution in [0.2, 0.25) is 0 Å². The highest BCUT2D eigenvalue weighted by Gasteiger charge is 2.35. The second-order valence-corrected chi connectivity index (χ2v) is 3.84. The third-order valence-corrected chi connectivity index (χ3v) is 3.32. The molecule has 1 saturated heterocycles. The molecule has 0 aromatic carbocycles. The van der Waals surface area contributed by atoms with Crippen molar-refractivity contribution in [3.8, 4) is 0 Å². The molecule has 0 bridgehead atoms. The van der Waals surface area contributed by atoms with Crippen LogP contribution in [-0.4, -0.2) is 25.7 Å². The van der Waals surface area contributed by atoms with E-state index >= 15 is 0 Å². The molecule has 2 fully saturated rings. The van der Waals surface area contributed by atoms with Crippen LogP contribution in [0.4, 0.5) is 0 Å². The van der Waals surface area contributed by atoms with E-state index in [2.05, 4.69) is 17.7 Å². The molecule has 1 aliphatic carbocycles. The van der Waals surface area contributed by atoms with E-state index in [4.69, 9.17) is 0 Å². The first kappa shape index (κ1) is 7.56. The summed E-state index contributed by atoms with van der Waals surface area (Å²) < 4.78 is 0. The predicted molar refractivity (Wildman–Crippen MR) is 46.6 cm³/mol. The van der Waals surface area contributed by atoms with Gasteiger partial charge in [-0.2, -0.15) is 0 Å². The van der Waals surface area contributed by atoms with Gasteiger partial charge in [0.05, 0.1) is 0 Å². The normalized spacial score (nSPS) is 43.9. The minimum Gasteiger partial charge on any atom is -0.317 e. The Morgan fingerprint density at radius 2 is 2.18 bits per heavy atom. The van der Waals surface area contributed by atoms with Crippen LogP contribution in [0.1, 0.15) is 25.7 Å². The molecule has 2 aliphatic rings. The second kappa shape index (κ2) is 3.11. The van der Waals surface area contributed by atoms with E-state index in [0.717, 1.165) is 18.0 Å². The van der Waals surface area contributed by atoms with Gasteiger partial charge in [-0.05, 0) is 38.8 Å². The lowest BCUT2D eigenvalue weighted by Gasteiger charge is -2.33. The Hall–Kier alpha value is -0.0800. The highest BCUT2D eigenvalue weighted by atomic mass is 15.0. The lowest BCUT2D eigenvalue weighted by atomic mass is 9.81. The van der Waals surface area contributed by atoms with Gasteiger partial charge < -0.3 is 10.6 Å². The molecular weight excluding hydrogens is 136 g/mol. The Balaban J connectivity index is 2.00. The zero-order chi connectivity index (χ0) is 7.68. The summed E-state index contributed by atoms with van der Waals surface area (Å²) in [5, 5.41) is 7.02. The minimum absolute atomic E-state index is 0.795. The summed E-state index contributed by atoms with van der Waals surface area (Å²) >= 11 is 0. The molecule has 2 heteroatoms. The lowest BCUT2D eigenvalue weighted by Crippen LogP contribution is -2.43. The van der Waals surface area contributed by atoms with E-state index < -0.39 is 0 Å². The number of rotatable bonds is 1. The van der Waals surface area contributed by atoms with E-state index in [0.29, 0.717) is 0 Å². The van der Waals surface area contributed by atoms with Gasteiger partial charge in [0.15, 0.2) is 0 Å². The van der Waals surface area contributed by atoms with Crippen molar-refractivity contribution in [3.05, 3.63) is 0 Å². The van der Waals surface area contributed by atoms with E-state index in [1.165, 1.54) is 32.2 Å². The highest BCUT2D eigenvalue weighted by molar-refractivity contribution is 4.94. The maximum Gasteiger partial charge on any atom is 0.0111 e. The van der Waals surface area contributed by atoms with Crippen molar-refractivity contribution < 1.29 is 0 Å². The molecule has 2 N–H and O–H groups in total.